The van der Waals surface area contributed by atoms with E-state index in [1.54, 1.807) is 6.07 Å². The monoisotopic (exact) mass is 303 g/mol. The fourth-order valence-electron chi connectivity index (χ4n) is 2.19. The summed E-state index contributed by atoms with van der Waals surface area (Å²) in [5.41, 5.74) is 12.1. The molecule has 4 N–H and O–H groups in total. The number of benzene rings is 1. The number of hydrazine groups is 1. The molecule has 21 heavy (non-hydrogen) atoms. The Morgan fingerprint density at radius 1 is 1.29 bits per heavy atom. The van der Waals surface area contributed by atoms with Crippen molar-refractivity contribution < 1.29 is 17.9 Å². The maximum atomic E-state index is 13.4. The molecule has 0 aromatic heterocycles. The standard InChI is InChI=1S/C14H20F3N3O/c15-11-4-3-10(9-12(11)21-13(16)17)14(5-6-14)20-19-8-2-1-7-18/h3-4,9,13,19-20H,1-2,5-8,18H2. The summed E-state index contributed by atoms with van der Waals surface area (Å²) in [6.45, 7) is -1.62. The second kappa shape index (κ2) is 7.11. The van der Waals surface area contributed by atoms with Crippen LogP contribution in [-0.2, 0) is 5.54 Å². The molecule has 0 saturated heterocycles. The highest BCUT2D eigenvalue weighted by Crippen LogP contribution is 2.46. The maximum Gasteiger partial charge on any atom is 0.387 e. The lowest BCUT2D eigenvalue weighted by Crippen LogP contribution is -2.41. The van der Waals surface area contributed by atoms with E-state index in [9.17, 15) is 13.2 Å². The van der Waals surface area contributed by atoms with E-state index in [-0.39, 0.29) is 5.54 Å². The Hall–Kier alpha value is -1.31. The fourth-order valence-corrected chi connectivity index (χ4v) is 2.19. The van der Waals surface area contributed by atoms with Crippen molar-refractivity contribution in [1.29, 1.82) is 0 Å². The molecule has 1 aliphatic carbocycles. The van der Waals surface area contributed by atoms with Gasteiger partial charge in [0.2, 0.25) is 0 Å². The summed E-state index contributed by atoms with van der Waals surface area (Å²) in [5.74, 6) is -1.20. The number of alkyl halides is 2. The Balaban J connectivity index is 1.97. The molecule has 118 valence electrons. The Bertz CT molecular complexity index is 467. The molecule has 0 amide bonds. The van der Waals surface area contributed by atoms with Crippen LogP contribution < -0.4 is 21.3 Å². The molecule has 1 saturated carbocycles. The van der Waals surface area contributed by atoms with E-state index >= 15 is 0 Å². The van der Waals surface area contributed by atoms with Gasteiger partial charge in [0.15, 0.2) is 11.6 Å². The first kappa shape index (κ1) is 16.1. The lowest BCUT2D eigenvalue weighted by molar-refractivity contribution is -0.0522. The molecule has 1 aliphatic rings. The van der Waals surface area contributed by atoms with E-state index in [0.29, 0.717) is 6.54 Å². The Labute approximate surface area is 121 Å². The van der Waals surface area contributed by atoms with Crippen molar-refractivity contribution in [2.75, 3.05) is 13.1 Å². The number of hydrogen-bond acceptors (Lipinski definition) is 4. The third kappa shape index (κ3) is 4.33. The Morgan fingerprint density at radius 3 is 2.67 bits per heavy atom. The van der Waals surface area contributed by atoms with Crippen LogP contribution in [0.5, 0.6) is 5.75 Å². The highest BCUT2D eigenvalue weighted by atomic mass is 19.3. The van der Waals surface area contributed by atoms with Crippen molar-refractivity contribution in [2.24, 2.45) is 5.73 Å². The van der Waals surface area contributed by atoms with Gasteiger partial charge in [-0.1, -0.05) is 6.07 Å². The summed E-state index contributed by atoms with van der Waals surface area (Å²) in [6, 6.07) is 4.08. The van der Waals surface area contributed by atoms with E-state index in [1.165, 1.54) is 6.07 Å². The summed E-state index contributed by atoms with van der Waals surface area (Å²) in [5, 5.41) is 0. The first-order chi connectivity index (χ1) is 10.1. The molecule has 0 bridgehead atoms. The predicted octanol–water partition coefficient (Wildman–Crippen LogP) is 2.25. The largest absolute Gasteiger partial charge is 0.432 e. The van der Waals surface area contributed by atoms with Gasteiger partial charge in [-0.05, 0) is 49.9 Å². The number of halogens is 3. The van der Waals surface area contributed by atoms with E-state index < -0.39 is 18.2 Å². The lowest BCUT2D eigenvalue weighted by atomic mass is 10.1. The van der Waals surface area contributed by atoms with E-state index in [0.717, 1.165) is 43.9 Å². The quantitative estimate of drug-likeness (QED) is 0.484. The van der Waals surface area contributed by atoms with Crippen LogP contribution in [0, 0.1) is 5.82 Å². The van der Waals surface area contributed by atoms with Gasteiger partial charge >= 0.3 is 6.61 Å². The summed E-state index contributed by atoms with van der Waals surface area (Å²) in [4.78, 5) is 0. The van der Waals surface area contributed by atoms with Gasteiger partial charge < -0.3 is 10.5 Å². The number of nitrogens with one attached hydrogen (secondary N) is 2. The zero-order chi connectivity index (χ0) is 15.3. The van der Waals surface area contributed by atoms with Gasteiger partial charge in [0, 0.05) is 6.54 Å². The molecule has 0 radical (unpaired) electrons. The second-order valence-corrected chi connectivity index (χ2v) is 5.15. The van der Waals surface area contributed by atoms with Gasteiger partial charge in [0.05, 0.1) is 5.54 Å². The summed E-state index contributed by atoms with van der Waals surface area (Å²) in [7, 11) is 0. The number of ether oxygens (including phenoxy) is 1. The minimum absolute atomic E-state index is 0.323. The van der Waals surface area contributed by atoms with Crippen LogP contribution in [0.15, 0.2) is 18.2 Å². The van der Waals surface area contributed by atoms with Gasteiger partial charge in [0.1, 0.15) is 0 Å². The average Bonchev–Trinajstić information content (AvgIpc) is 3.22. The van der Waals surface area contributed by atoms with Crippen molar-refractivity contribution in [3.05, 3.63) is 29.6 Å². The Morgan fingerprint density at radius 2 is 2.05 bits per heavy atom. The molecule has 0 aliphatic heterocycles. The normalized spacial score (nSPS) is 16.2. The summed E-state index contributed by atoms with van der Waals surface area (Å²) in [6.07, 6.45) is 3.60. The third-order valence-corrected chi connectivity index (χ3v) is 3.53. The predicted molar refractivity (Wildman–Crippen MR) is 73.4 cm³/mol. The lowest BCUT2D eigenvalue weighted by Gasteiger charge is -2.20. The first-order valence-corrected chi connectivity index (χ1v) is 7.02. The van der Waals surface area contributed by atoms with Crippen LogP contribution >= 0.6 is 0 Å². The van der Waals surface area contributed by atoms with Crippen molar-refractivity contribution >= 4 is 0 Å². The minimum Gasteiger partial charge on any atom is -0.432 e. The van der Waals surface area contributed by atoms with Crippen LogP contribution in [0.4, 0.5) is 13.2 Å². The molecular weight excluding hydrogens is 283 g/mol. The SMILES string of the molecule is NCCCCNNC1(c2ccc(F)c(OC(F)F)c2)CC1. The van der Waals surface area contributed by atoms with Gasteiger partial charge in [-0.3, -0.25) is 5.43 Å². The zero-order valence-electron chi connectivity index (χ0n) is 11.7. The number of unbranched alkanes of at least 4 members (excludes halogenated alkanes) is 1. The number of hydrogen-bond donors (Lipinski definition) is 3. The molecule has 2 rings (SSSR count). The van der Waals surface area contributed by atoms with E-state index in [4.69, 9.17) is 5.73 Å². The molecule has 0 atom stereocenters. The second-order valence-electron chi connectivity index (χ2n) is 5.15. The van der Waals surface area contributed by atoms with Crippen LogP contribution in [0.25, 0.3) is 0 Å². The molecule has 1 fully saturated rings. The first-order valence-electron chi connectivity index (χ1n) is 7.02. The molecular formula is C14H20F3N3O. The minimum atomic E-state index is -3.03. The van der Waals surface area contributed by atoms with Crippen molar-refractivity contribution in [3.8, 4) is 5.75 Å². The fraction of sp³-hybridized carbons (Fsp3) is 0.571. The van der Waals surface area contributed by atoms with Gasteiger partial charge in [-0.25, -0.2) is 9.82 Å². The summed E-state index contributed by atoms with van der Waals surface area (Å²) >= 11 is 0. The van der Waals surface area contributed by atoms with Crippen LogP contribution in [0.2, 0.25) is 0 Å². The molecule has 1 aromatic rings. The smallest absolute Gasteiger partial charge is 0.387 e. The van der Waals surface area contributed by atoms with E-state index in [2.05, 4.69) is 15.6 Å². The molecule has 1 aromatic carbocycles. The van der Waals surface area contributed by atoms with Crippen LogP contribution in [0.1, 0.15) is 31.2 Å². The zero-order valence-corrected chi connectivity index (χ0v) is 11.7. The summed E-state index contributed by atoms with van der Waals surface area (Å²) < 4.78 is 42.1. The van der Waals surface area contributed by atoms with Gasteiger partial charge in [0.25, 0.3) is 0 Å². The molecule has 0 unspecified atom stereocenters. The molecule has 7 heteroatoms. The van der Waals surface area contributed by atoms with Crippen molar-refractivity contribution in [1.82, 2.24) is 10.9 Å². The molecule has 4 nitrogen and oxygen atoms in total. The van der Waals surface area contributed by atoms with Gasteiger partial charge in [-0.15, -0.1) is 0 Å². The highest BCUT2D eigenvalue weighted by molar-refractivity contribution is 5.37. The average molecular weight is 303 g/mol. The Kier molecular flexibility index (Phi) is 5.44. The molecule has 0 spiro atoms. The number of nitrogens with two attached hydrogens (primary N) is 1. The van der Waals surface area contributed by atoms with E-state index in [1.807, 2.05) is 0 Å². The van der Waals surface area contributed by atoms with Crippen LogP contribution in [0.3, 0.4) is 0 Å². The van der Waals surface area contributed by atoms with Crippen molar-refractivity contribution in [3.63, 3.8) is 0 Å². The number of rotatable bonds is 9. The third-order valence-electron chi connectivity index (χ3n) is 3.53. The highest BCUT2D eigenvalue weighted by Gasteiger charge is 2.44. The van der Waals surface area contributed by atoms with Crippen molar-refractivity contribution in [2.45, 2.75) is 37.8 Å². The molecule has 0 heterocycles. The maximum absolute atomic E-state index is 13.4. The topological polar surface area (TPSA) is 59.3 Å². The van der Waals surface area contributed by atoms with Crippen LogP contribution in [-0.4, -0.2) is 19.7 Å². The van der Waals surface area contributed by atoms with Gasteiger partial charge in [-0.2, -0.15) is 8.78 Å².